The second-order valence-electron chi connectivity index (χ2n) is 11.3. The molecule has 2 fully saturated rings. The number of fused-ring (bicyclic) bond motifs is 1. The molecule has 4 N–H and O–H groups in total. The summed E-state index contributed by atoms with van der Waals surface area (Å²) >= 11 is 1.48. The standard InChI is InChI=1S/C32H36FN7O3S/c1-34-12-13-36-31(41)21-3-2-14-40(19-21)18-20-4-8-25(37-17-20)29-16-26-30(44-29)28(10-11-35-26)43-27-9-7-23(15-24(27)33)39-32(42)38-22-5-6-22/h4,7-11,15-17,21-22,34H,2-3,5-6,12-14,18-19H2,1H3,(H,36,41)(H2,38,39,42). The highest BCUT2D eigenvalue weighted by Crippen LogP contribution is 2.39. The fourth-order valence-electron chi connectivity index (χ4n) is 5.27. The van der Waals surface area contributed by atoms with Crippen LogP contribution in [-0.2, 0) is 11.3 Å². The number of nitrogens with one attached hydrogen (secondary N) is 4. The molecule has 2 aliphatic rings. The third-order valence-corrected chi connectivity index (χ3v) is 8.89. The van der Waals surface area contributed by atoms with Gasteiger partial charge in [0, 0.05) is 62.4 Å². The van der Waals surface area contributed by atoms with E-state index in [0.717, 1.165) is 78.2 Å². The van der Waals surface area contributed by atoms with E-state index < -0.39 is 5.82 Å². The number of pyridine rings is 2. The molecule has 1 saturated heterocycles. The number of aromatic nitrogens is 2. The first-order chi connectivity index (χ1) is 21.4. The Hall–Kier alpha value is -4.13. The Morgan fingerprint density at radius 2 is 1.95 bits per heavy atom. The molecule has 3 amide bonds. The molecule has 1 atom stereocenters. The number of carbonyl (C=O) groups is 2. The molecular formula is C32H36FN7O3S. The number of nitrogens with zero attached hydrogens (tertiary/aromatic N) is 3. The van der Waals surface area contributed by atoms with Crippen molar-refractivity contribution in [3.8, 4) is 22.1 Å². The van der Waals surface area contributed by atoms with Crippen LogP contribution in [0.15, 0.2) is 54.9 Å². The van der Waals surface area contributed by atoms with Crippen molar-refractivity contribution in [1.82, 2.24) is 30.8 Å². The van der Waals surface area contributed by atoms with Crippen LogP contribution in [0.3, 0.4) is 0 Å². The minimum absolute atomic E-state index is 0.0110. The van der Waals surface area contributed by atoms with Crippen molar-refractivity contribution in [3.63, 3.8) is 0 Å². The summed E-state index contributed by atoms with van der Waals surface area (Å²) in [6.45, 7) is 3.85. The van der Waals surface area contributed by atoms with Crippen LogP contribution in [0.25, 0.3) is 20.8 Å². The van der Waals surface area contributed by atoms with Gasteiger partial charge in [-0.3, -0.25) is 19.7 Å². The Morgan fingerprint density at radius 1 is 1.07 bits per heavy atom. The van der Waals surface area contributed by atoms with Crippen molar-refractivity contribution in [2.45, 2.75) is 38.3 Å². The summed E-state index contributed by atoms with van der Waals surface area (Å²) < 4.78 is 21.7. The van der Waals surface area contributed by atoms with E-state index >= 15 is 0 Å². The molecule has 0 spiro atoms. The molecule has 4 heterocycles. The number of urea groups is 1. The zero-order valence-electron chi connectivity index (χ0n) is 24.6. The van der Waals surface area contributed by atoms with E-state index in [-0.39, 0.29) is 29.6 Å². The number of hydrogen-bond donors (Lipinski definition) is 4. The van der Waals surface area contributed by atoms with Crippen molar-refractivity contribution in [3.05, 3.63) is 66.2 Å². The van der Waals surface area contributed by atoms with Crippen molar-refractivity contribution in [1.29, 1.82) is 0 Å². The van der Waals surface area contributed by atoms with Gasteiger partial charge in [0.1, 0.15) is 5.75 Å². The number of likely N-dealkylation sites (tertiary alicyclic amines) is 1. The number of rotatable bonds is 11. The van der Waals surface area contributed by atoms with Crippen LogP contribution < -0.4 is 26.0 Å². The topological polar surface area (TPSA) is 121 Å². The fourth-order valence-corrected chi connectivity index (χ4v) is 6.31. The molecule has 0 bridgehead atoms. The van der Waals surface area contributed by atoms with Gasteiger partial charge in [0.15, 0.2) is 11.6 Å². The zero-order chi connectivity index (χ0) is 30.5. The molecule has 10 nitrogen and oxygen atoms in total. The largest absolute Gasteiger partial charge is 0.453 e. The predicted molar refractivity (Wildman–Crippen MR) is 169 cm³/mol. The van der Waals surface area contributed by atoms with Gasteiger partial charge in [-0.2, -0.15) is 0 Å². The van der Waals surface area contributed by atoms with Crippen molar-refractivity contribution < 1.29 is 18.7 Å². The molecule has 1 unspecified atom stereocenters. The van der Waals surface area contributed by atoms with Crippen LogP contribution in [0, 0.1) is 11.7 Å². The van der Waals surface area contributed by atoms with E-state index in [4.69, 9.17) is 9.72 Å². The second-order valence-corrected chi connectivity index (χ2v) is 12.3. The number of thiophene rings is 1. The first-order valence-corrected chi connectivity index (χ1v) is 15.8. The van der Waals surface area contributed by atoms with E-state index in [9.17, 15) is 14.0 Å². The van der Waals surface area contributed by atoms with Gasteiger partial charge >= 0.3 is 6.03 Å². The van der Waals surface area contributed by atoms with Crippen LogP contribution in [0.4, 0.5) is 14.9 Å². The lowest BCUT2D eigenvalue weighted by molar-refractivity contribution is -0.126. The average molecular weight is 618 g/mol. The SMILES string of the molecule is CNCCNC(=O)C1CCCN(Cc2ccc(-c3cc4nccc(Oc5ccc(NC(=O)NC6CC6)cc5F)c4s3)nc2)C1. The van der Waals surface area contributed by atoms with Crippen LogP contribution >= 0.6 is 11.3 Å². The number of ether oxygens (including phenoxy) is 1. The van der Waals surface area contributed by atoms with E-state index in [1.807, 2.05) is 25.4 Å². The number of anilines is 1. The maximum Gasteiger partial charge on any atom is 0.319 e. The highest BCUT2D eigenvalue weighted by atomic mass is 32.1. The normalized spacial score (nSPS) is 16.9. The minimum atomic E-state index is -0.581. The maximum absolute atomic E-state index is 14.9. The number of likely N-dealkylation sites (N-methyl/N-ethyl adjacent to an activating group) is 1. The molecule has 4 aromatic rings. The lowest BCUT2D eigenvalue weighted by atomic mass is 9.96. The molecule has 0 radical (unpaired) electrons. The quantitative estimate of drug-likeness (QED) is 0.173. The van der Waals surface area contributed by atoms with Crippen molar-refractivity contribution in [2.24, 2.45) is 5.92 Å². The zero-order valence-corrected chi connectivity index (χ0v) is 25.4. The molecule has 1 aliphatic heterocycles. The maximum atomic E-state index is 14.9. The third kappa shape index (κ3) is 7.50. The molecule has 230 valence electrons. The lowest BCUT2D eigenvalue weighted by Crippen LogP contribution is -2.43. The molecule has 6 rings (SSSR count). The average Bonchev–Trinajstić information content (AvgIpc) is 3.72. The molecule has 1 aliphatic carbocycles. The van der Waals surface area contributed by atoms with Gasteiger partial charge in [-0.1, -0.05) is 6.07 Å². The highest BCUT2D eigenvalue weighted by Gasteiger charge is 2.26. The third-order valence-electron chi connectivity index (χ3n) is 7.73. The van der Waals surface area contributed by atoms with E-state index in [2.05, 4.69) is 37.2 Å². The van der Waals surface area contributed by atoms with Gasteiger partial charge < -0.3 is 26.0 Å². The predicted octanol–water partition coefficient (Wildman–Crippen LogP) is 5.12. The molecular weight excluding hydrogens is 581 g/mol. The Labute approximate surface area is 259 Å². The monoisotopic (exact) mass is 617 g/mol. The Kier molecular flexibility index (Phi) is 9.29. The summed E-state index contributed by atoms with van der Waals surface area (Å²) in [5, 5.41) is 11.5. The fraction of sp³-hybridized carbons (Fsp3) is 0.375. The summed E-state index contributed by atoms with van der Waals surface area (Å²) in [5.74, 6) is 0.103. The van der Waals surface area contributed by atoms with Crippen molar-refractivity contribution >= 4 is 39.2 Å². The van der Waals surface area contributed by atoms with E-state index in [1.165, 1.54) is 23.5 Å². The summed E-state index contributed by atoms with van der Waals surface area (Å²) in [6, 6.07) is 12.0. The Morgan fingerprint density at radius 3 is 2.73 bits per heavy atom. The molecule has 1 aromatic carbocycles. The Balaban J connectivity index is 1.09. The summed E-state index contributed by atoms with van der Waals surface area (Å²) in [7, 11) is 1.87. The van der Waals surface area contributed by atoms with Gasteiger partial charge in [-0.15, -0.1) is 11.3 Å². The van der Waals surface area contributed by atoms with Gasteiger partial charge in [-0.25, -0.2) is 9.18 Å². The molecule has 3 aromatic heterocycles. The summed E-state index contributed by atoms with van der Waals surface area (Å²) in [6.07, 6.45) is 7.38. The molecule has 1 saturated carbocycles. The van der Waals surface area contributed by atoms with Crippen LogP contribution in [0.1, 0.15) is 31.2 Å². The number of hydrogen-bond acceptors (Lipinski definition) is 8. The first-order valence-electron chi connectivity index (χ1n) is 15.0. The van der Waals surface area contributed by atoms with Crippen LogP contribution in [-0.4, -0.2) is 66.1 Å². The van der Waals surface area contributed by atoms with Gasteiger partial charge in [0.2, 0.25) is 5.91 Å². The highest BCUT2D eigenvalue weighted by molar-refractivity contribution is 7.22. The minimum Gasteiger partial charge on any atom is -0.453 e. The number of benzene rings is 1. The molecule has 12 heteroatoms. The number of amides is 3. The lowest BCUT2D eigenvalue weighted by Gasteiger charge is -2.32. The summed E-state index contributed by atoms with van der Waals surface area (Å²) in [5.41, 5.74) is 2.99. The van der Waals surface area contributed by atoms with E-state index in [1.54, 1.807) is 18.3 Å². The Bertz CT molecular complexity index is 1630. The summed E-state index contributed by atoms with van der Waals surface area (Å²) in [4.78, 5) is 37.0. The van der Waals surface area contributed by atoms with Gasteiger partial charge in [0.25, 0.3) is 0 Å². The van der Waals surface area contributed by atoms with E-state index in [0.29, 0.717) is 18.0 Å². The first kappa shape index (κ1) is 29.9. The number of piperidine rings is 1. The smallest absolute Gasteiger partial charge is 0.319 e. The number of halogens is 1. The van der Waals surface area contributed by atoms with Crippen LogP contribution in [0.2, 0.25) is 0 Å². The van der Waals surface area contributed by atoms with Crippen molar-refractivity contribution in [2.75, 3.05) is 38.5 Å². The second kappa shape index (κ2) is 13.7. The van der Waals surface area contributed by atoms with Crippen LogP contribution in [0.5, 0.6) is 11.5 Å². The van der Waals surface area contributed by atoms with Gasteiger partial charge in [0.05, 0.1) is 26.7 Å². The number of carbonyl (C=O) groups excluding carboxylic acids is 2. The van der Waals surface area contributed by atoms with Gasteiger partial charge in [-0.05, 0) is 69.1 Å². The molecule has 44 heavy (non-hydrogen) atoms.